The van der Waals surface area contributed by atoms with Gasteiger partial charge in [0.25, 0.3) is 0 Å². The molecule has 0 saturated carbocycles. The van der Waals surface area contributed by atoms with E-state index in [1.807, 2.05) is 0 Å². The summed E-state index contributed by atoms with van der Waals surface area (Å²) in [5.41, 5.74) is 5.86. The second-order valence-corrected chi connectivity index (χ2v) is 2.97. The first-order valence-electron chi connectivity index (χ1n) is 4.00. The molecule has 80 valence electrons. The van der Waals surface area contributed by atoms with Crippen molar-refractivity contribution in [2.75, 3.05) is 0 Å². The minimum absolute atomic E-state index is 0. The molecule has 0 aliphatic carbocycles. The standard InChI is InChI=1S/C9H11NO4.Ce/c10-6(9(13)14)3-5-1-2-7(11)8(12)4-5;/h1-2,4,6,11-12H,3,10H2,(H,13,14);. The van der Waals surface area contributed by atoms with Crippen LogP contribution in [0.4, 0.5) is 0 Å². The predicted molar refractivity (Wildman–Crippen MR) is 49.1 cm³/mol. The van der Waals surface area contributed by atoms with Gasteiger partial charge in [-0.25, -0.2) is 0 Å². The van der Waals surface area contributed by atoms with Crippen molar-refractivity contribution in [1.29, 1.82) is 0 Å². The summed E-state index contributed by atoms with van der Waals surface area (Å²) in [6, 6.07) is 3.09. The topological polar surface area (TPSA) is 104 Å². The number of carboxylic acids is 1. The van der Waals surface area contributed by atoms with Crippen molar-refractivity contribution < 1.29 is 61.9 Å². The Morgan fingerprint density at radius 1 is 1.33 bits per heavy atom. The maximum Gasteiger partial charge on any atom is 0.320 e. The van der Waals surface area contributed by atoms with E-state index >= 15 is 0 Å². The van der Waals surface area contributed by atoms with Crippen molar-refractivity contribution in [1.82, 2.24) is 0 Å². The molecule has 1 atom stereocenters. The summed E-state index contributed by atoms with van der Waals surface area (Å²) in [5.74, 6) is -1.62. The van der Waals surface area contributed by atoms with Gasteiger partial charge in [-0.1, -0.05) is 6.07 Å². The van der Waals surface area contributed by atoms with Gasteiger partial charge in [0.1, 0.15) is 6.04 Å². The van der Waals surface area contributed by atoms with Crippen LogP contribution in [0.15, 0.2) is 18.2 Å². The fraction of sp³-hybridized carbons (Fsp3) is 0.222. The number of benzene rings is 1. The second-order valence-electron chi connectivity index (χ2n) is 2.97. The van der Waals surface area contributed by atoms with Crippen molar-refractivity contribution in [3.63, 3.8) is 0 Å². The number of aliphatic carboxylic acids is 1. The molecule has 5 N–H and O–H groups in total. The molecular weight excluding hydrogens is 326 g/mol. The zero-order chi connectivity index (χ0) is 10.7. The van der Waals surface area contributed by atoms with E-state index in [0.717, 1.165) is 0 Å². The van der Waals surface area contributed by atoms with E-state index < -0.39 is 12.0 Å². The van der Waals surface area contributed by atoms with Crippen LogP contribution < -0.4 is 5.73 Å². The number of hydrogen-bond donors (Lipinski definition) is 4. The summed E-state index contributed by atoms with van der Waals surface area (Å²) in [5, 5.41) is 26.6. The zero-order valence-electron chi connectivity index (χ0n) is 7.84. The van der Waals surface area contributed by atoms with Crippen molar-refractivity contribution in [3.05, 3.63) is 23.8 Å². The van der Waals surface area contributed by atoms with Gasteiger partial charge in [0.05, 0.1) is 0 Å². The first kappa shape index (κ1) is 14.6. The predicted octanol–water partition coefficient (Wildman–Crippen LogP) is 0.0522. The Morgan fingerprint density at radius 3 is 2.40 bits per heavy atom. The molecule has 5 nitrogen and oxygen atoms in total. The summed E-state index contributed by atoms with van der Waals surface area (Å²) >= 11 is 0. The number of carboxylic acid groups (broad SMARTS) is 1. The van der Waals surface area contributed by atoms with E-state index in [9.17, 15) is 4.79 Å². The summed E-state index contributed by atoms with van der Waals surface area (Å²) in [6.07, 6.45) is 0.114. The van der Waals surface area contributed by atoms with Crippen molar-refractivity contribution in [2.24, 2.45) is 5.73 Å². The third-order valence-electron chi connectivity index (χ3n) is 1.81. The van der Waals surface area contributed by atoms with Gasteiger partial charge in [0, 0.05) is 41.7 Å². The van der Waals surface area contributed by atoms with Gasteiger partial charge in [-0.05, 0) is 24.1 Å². The summed E-state index contributed by atoms with van der Waals surface area (Å²) in [7, 11) is 0. The molecule has 0 aliphatic rings. The molecule has 0 spiro atoms. The summed E-state index contributed by atoms with van der Waals surface area (Å²) in [6.45, 7) is 0. The van der Waals surface area contributed by atoms with Crippen LogP contribution in [0.25, 0.3) is 0 Å². The Bertz CT molecular complexity index is 356. The SMILES string of the molecule is NC(Cc1ccc(O)c(O)c1)C(=O)O.[Ce]. The zero-order valence-corrected chi connectivity index (χ0v) is 11.0. The quantitative estimate of drug-likeness (QED) is 0.584. The third-order valence-corrected chi connectivity index (χ3v) is 1.81. The number of phenolic OH excluding ortho intramolecular Hbond substituents is 2. The number of rotatable bonds is 3. The maximum absolute atomic E-state index is 10.4. The summed E-state index contributed by atoms with van der Waals surface area (Å²) < 4.78 is 0. The largest absolute Gasteiger partial charge is 0.504 e. The van der Waals surface area contributed by atoms with Gasteiger partial charge in [0.2, 0.25) is 0 Å². The van der Waals surface area contributed by atoms with Crippen LogP contribution in [-0.4, -0.2) is 27.3 Å². The average molecular weight is 337 g/mol. The molecule has 0 amide bonds. The first-order chi connectivity index (χ1) is 6.50. The summed E-state index contributed by atoms with van der Waals surface area (Å²) in [4.78, 5) is 10.4. The van der Waals surface area contributed by atoms with E-state index in [1.54, 1.807) is 0 Å². The molecule has 0 bridgehead atoms. The number of nitrogens with two attached hydrogens (primary N) is 1. The third kappa shape index (κ3) is 4.33. The Morgan fingerprint density at radius 2 is 1.93 bits per heavy atom. The van der Waals surface area contributed by atoms with E-state index in [0.29, 0.717) is 5.56 Å². The normalized spacial score (nSPS) is 11.5. The molecule has 0 aliphatic heterocycles. The van der Waals surface area contributed by atoms with E-state index in [2.05, 4.69) is 0 Å². The van der Waals surface area contributed by atoms with Crippen LogP contribution in [0, 0.1) is 41.7 Å². The number of hydrogen-bond acceptors (Lipinski definition) is 4. The van der Waals surface area contributed by atoms with E-state index in [-0.39, 0.29) is 59.7 Å². The van der Waals surface area contributed by atoms with Crippen molar-refractivity contribution >= 4 is 5.97 Å². The molecule has 0 fully saturated rings. The minimum Gasteiger partial charge on any atom is -0.504 e. The maximum atomic E-state index is 10.4. The van der Waals surface area contributed by atoms with Gasteiger partial charge in [-0.2, -0.15) is 0 Å². The molecule has 0 aromatic heterocycles. The Balaban J connectivity index is 0.00000196. The molecule has 15 heavy (non-hydrogen) atoms. The molecule has 6 heteroatoms. The number of aromatic hydroxyl groups is 2. The van der Waals surface area contributed by atoms with Crippen LogP contribution in [0.5, 0.6) is 11.5 Å². The van der Waals surface area contributed by atoms with Gasteiger partial charge in [0.15, 0.2) is 11.5 Å². The van der Waals surface area contributed by atoms with Crippen LogP contribution in [0.2, 0.25) is 0 Å². The molecule has 1 rings (SSSR count). The van der Waals surface area contributed by atoms with Crippen LogP contribution in [-0.2, 0) is 11.2 Å². The van der Waals surface area contributed by atoms with Crippen LogP contribution >= 0.6 is 0 Å². The average Bonchev–Trinajstić information content (AvgIpc) is 2.11. The van der Waals surface area contributed by atoms with E-state index in [4.69, 9.17) is 21.1 Å². The van der Waals surface area contributed by atoms with Crippen LogP contribution in [0.1, 0.15) is 5.56 Å². The molecule has 1 unspecified atom stereocenters. The van der Waals surface area contributed by atoms with E-state index in [1.165, 1.54) is 18.2 Å². The second kappa shape index (κ2) is 6.26. The van der Waals surface area contributed by atoms with Gasteiger partial charge in [-0.15, -0.1) is 0 Å². The Hall–Kier alpha value is -0.373. The molecule has 0 radical (unpaired) electrons. The van der Waals surface area contributed by atoms with Gasteiger partial charge < -0.3 is 21.1 Å². The van der Waals surface area contributed by atoms with Crippen molar-refractivity contribution in [3.8, 4) is 11.5 Å². The number of carbonyl (C=O) groups is 1. The monoisotopic (exact) mass is 337 g/mol. The minimum atomic E-state index is -1.10. The van der Waals surface area contributed by atoms with Gasteiger partial charge >= 0.3 is 5.97 Å². The van der Waals surface area contributed by atoms with Crippen molar-refractivity contribution in [2.45, 2.75) is 12.5 Å². The molecular formula is C9H11CeNO4. The fourth-order valence-electron chi connectivity index (χ4n) is 1.04. The Labute approximate surface area is 120 Å². The smallest absolute Gasteiger partial charge is 0.320 e. The molecule has 0 heterocycles. The molecule has 1 aromatic carbocycles. The first-order valence-corrected chi connectivity index (χ1v) is 4.00. The molecule has 1 aromatic rings. The van der Waals surface area contributed by atoms with Gasteiger partial charge in [-0.3, -0.25) is 4.79 Å². The molecule has 0 saturated heterocycles. The number of phenols is 2. The van der Waals surface area contributed by atoms with Crippen LogP contribution in [0.3, 0.4) is 0 Å². The Kier molecular flexibility index (Phi) is 6.11. The fourth-order valence-corrected chi connectivity index (χ4v) is 1.04.